The number of rotatable bonds is 7. The minimum atomic E-state index is 0.620. The van der Waals surface area contributed by atoms with Gasteiger partial charge in [0, 0.05) is 48.1 Å². The fourth-order valence-corrected chi connectivity index (χ4v) is 9.08. The van der Waals surface area contributed by atoms with Crippen LogP contribution in [0.15, 0.2) is 200 Å². The van der Waals surface area contributed by atoms with Crippen molar-refractivity contribution >= 4 is 42.5 Å². The van der Waals surface area contributed by atoms with E-state index in [0.717, 1.165) is 82.5 Å². The summed E-state index contributed by atoms with van der Waals surface area (Å²) in [5.41, 5.74) is 11.5. The third-order valence-electron chi connectivity index (χ3n) is 10.7. The molecule has 0 unspecified atom stereocenters. The van der Waals surface area contributed by atoms with E-state index in [2.05, 4.69) is 180 Å². The van der Waals surface area contributed by atoms with Crippen LogP contribution in [0, 0.1) is 0 Å². The number of nitrogens with zero attached hydrogens (tertiary/aromatic N) is 5. The second-order valence-corrected chi connectivity index (χ2v) is 15.3. The smallest absolute Gasteiger partial charge is 0.164 e. The van der Waals surface area contributed by atoms with Crippen LogP contribution >= 0.6 is 11.3 Å². The van der Waals surface area contributed by atoms with E-state index in [-0.39, 0.29) is 0 Å². The van der Waals surface area contributed by atoms with Gasteiger partial charge in [-0.1, -0.05) is 164 Å². The lowest BCUT2D eigenvalue weighted by atomic mass is 10.0. The lowest BCUT2D eigenvalue weighted by Crippen LogP contribution is -2.01. The maximum Gasteiger partial charge on any atom is 0.164 e. The van der Waals surface area contributed by atoms with Gasteiger partial charge in [0.05, 0.1) is 11.0 Å². The first-order valence-corrected chi connectivity index (χ1v) is 20.1. The van der Waals surface area contributed by atoms with Gasteiger partial charge in [0.25, 0.3) is 0 Å². The zero-order valence-electron chi connectivity index (χ0n) is 31.2. The molecule has 0 bridgehead atoms. The number of thiophene rings is 1. The highest BCUT2D eigenvalue weighted by Crippen LogP contribution is 2.45. The van der Waals surface area contributed by atoms with Gasteiger partial charge < -0.3 is 0 Å². The Morgan fingerprint density at radius 2 is 0.776 bits per heavy atom. The summed E-state index contributed by atoms with van der Waals surface area (Å²) in [5, 5.41) is 2.24. The van der Waals surface area contributed by atoms with Crippen molar-refractivity contribution in [3.8, 4) is 73.5 Å². The molecule has 0 amide bonds. The quantitative estimate of drug-likeness (QED) is 0.162. The van der Waals surface area contributed by atoms with E-state index in [4.69, 9.17) is 19.9 Å². The standard InChI is InChI=1S/C52H33N5S/c1-4-14-34(15-5-1)36-26-30-38(31-27-36)49-54-50(39-32-28-37(29-33-39)35-16-6-2-7-17-35)56-51(55-49)41-20-12-24-45-47(41)48-42(21-13-25-46(48)58-45)52-53-43-22-10-11-23-44(43)57(52)40-18-8-3-9-19-40/h1-33H. The lowest BCUT2D eigenvalue weighted by molar-refractivity contribution is 1.08. The number of hydrogen-bond donors (Lipinski definition) is 0. The van der Waals surface area contributed by atoms with Crippen LogP contribution in [0.3, 0.4) is 0 Å². The van der Waals surface area contributed by atoms with Crippen molar-refractivity contribution in [2.75, 3.05) is 0 Å². The molecular weight excluding hydrogens is 727 g/mol. The van der Waals surface area contributed by atoms with Crippen LogP contribution in [0.25, 0.3) is 105 Å². The predicted molar refractivity (Wildman–Crippen MR) is 240 cm³/mol. The van der Waals surface area contributed by atoms with Gasteiger partial charge in [0.15, 0.2) is 17.5 Å². The third kappa shape index (κ3) is 5.95. The first-order valence-electron chi connectivity index (χ1n) is 19.3. The largest absolute Gasteiger partial charge is 0.292 e. The van der Waals surface area contributed by atoms with E-state index in [1.807, 2.05) is 24.3 Å². The fourth-order valence-electron chi connectivity index (χ4n) is 7.92. The SMILES string of the molecule is c1ccc(-c2ccc(-c3nc(-c4ccc(-c5ccccc5)cc4)nc(-c4cccc5sc6cccc(-c7nc8ccccc8n7-c7ccccc7)c6c45)n3)cc2)cc1. The second-order valence-electron chi connectivity index (χ2n) is 14.2. The van der Waals surface area contributed by atoms with Gasteiger partial charge in [-0.15, -0.1) is 11.3 Å². The Hall–Kier alpha value is -7.54. The minimum absolute atomic E-state index is 0.620. The van der Waals surface area contributed by atoms with Crippen LogP contribution < -0.4 is 0 Å². The summed E-state index contributed by atoms with van der Waals surface area (Å²) in [7, 11) is 0. The molecule has 0 aliphatic rings. The van der Waals surface area contributed by atoms with Crippen molar-refractivity contribution in [1.29, 1.82) is 0 Å². The fraction of sp³-hybridized carbons (Fsp3) is 0. The van der Waals surface area contributed by atoms with E-state index in [0.29, 0.717) is 17.5 Å². The average molecular weight is 760 g/mol. The van der Waals surface area contributed by atoms with Crippen molar-refractivity contribution in [2.24, 2.45) is 0 Å². The number of hydrogen-bond acceptors (Lipinski definition) is 5. The molecule has 3 aromatic heterocycles. The van der Waals surface area contributed by atoms with Crippen molar-refractivity contribution in [1.82, 2.24) is 24.5 Å². The van der Waals surface area contributed by atoms with Crippen LogP contribution in [0.5, 0.6) is 0 Å². The van der Waals surface area contributed by atoms with Gasteiger partial charge in [0.1, 0.15) is 5.82 Å². The molecule has 0 aliphatic heterocycles. The normalized spacial score (nSPS) is 11.4. The molecule has 0 aliphatic carbocycles. The lowest BCUT2D eigenvalue weighted by Gasteiger charge is -2.12. The summed E-state index contributed by atoms with van der Waals surface area (Å²) < 4.78 is 4.60. The van der Waals surface area contributed by atoms with Crippen molar-refractivity contribution in [2.45, 2.75) is 0 Å². The van der Waals surface area contributed by atoms with Crippen molar-refractivity contribution < 1.29 is 0 Å². The van der Waals surface area contributed by atoms with E-state index in [1.54, 1.807) is 11.3 Å². The van der Waals surface area contributed by atoms with E-state index >= 15 is 0 Å². The molecule has 0 fully saturated rings. The number of imidazole rings is 1. The van der Waals surface area contributed by atoms with Crippen LogP contribution in [-0.2, 0) is 0 Å². The van der Waals surface area contributed by atoms with E-state index < -0.39 is 0 Å². The monoisotopic (exact) mass is 759 g/mol. The van der Waals surface area contributed by atoms with Crippen molar-refractivity contribution in [3.05, 3.63) is 200 Å². The maximum atomic E-state index is 5.29. The van der Waals surface area contributed by atoms with Crippen LogP contribution in [0.2, 0.25) is 0 Å². The molecule has 0 atom stereocenters. The second kappa shape index (κ2) is 14.2. The zero-order valence-corrected chi connectivity index (χ0v) is 32.0. The molecule has 0 saturated heterocycles. The molecule has 0 N–H and O–H groups in total. The Morgan fingerprint density at radius 3 is 1.36 bits per heavy atom. The van der Waals surface area contributed by atoms with Gasteiger partial charge in [0.2, 0.25) is 0 Å². The number of fused-ring (bicyclic) bond motifs is 4. The molecular formula is C52H33N5S. The predicted octanol–water partition coefficient (Wildman–Crippen LogP) is 13.6. The summed E-state index contributed by atoms with van der Waals surface area (Å²) in [6, 6.07) is 69.7. The first-order chi connectivity index (χ1) is 28.7. The summed E-state index contributed by atoms with van der Waals surface area (Å²) in [4.78, 5) is 21.0. The molecule has 0 radical (unpaired) electrons. The van der Waals surface area contributed by atoms with Gasteiger partial charge >= 0.3 is 0 Å². The number of para-hydroxylation sites is 3. The van der Waals surface area contributed by atoms with Crippen molar-refractivity contribution in [3.63, 3.8) is 0 Å². The number of benzene rings is 8. The van der Waals surface area contributed by atoms with E-state index in [1.165, 1.54) is 4.70 Å². The van der Waals surface area contributed by atoms with Gasteiger partial charge in [-0.25, -0.2) is 19.9 Å². The third-order valence-corrected chi connectivity index (χ3v) is 11.8. The molecule has 5 nitrogen and oxygen atoms in total. The highest BCUT2D eigenvalue weighted by molar-refractivity contribution is 7.26. The number of aromatic nitrogens is 5. The Labute approximate surface area is 339 Å². The minimum Gasteiger partial charge on any atom is -0.292 e. The summed E-state index contributed by atoms with van der Waals surface area (Å²) in [6.07, 6.45) is 0. The van der Waals surface area contributed by atoms with Crippen LogP contribution in [-0.4, -0.2) is 24.5 Å². The molecule has 0 spiro atoms. The van der Waals surface area contributed by atoms with Crippen LogP contribution in [0.1, 0.15) is 0 Å². The molecule has 58 heavy (non-hydrogen) atoms. The molecule has 0 saturated carbocycles. The molecule has 11 aromatic rings. The van der Waals surface area contributed by atoms with Gasteiger partial charge in [-0.3, -0.25) is 4.57 Å². The summed E-state index contributed by atoms with van der Waals surface area (Å²) in [5.74, 6) is 2.75. The highest BCUT2D eigenvalue weighted by Gasteiger charge is 2.22. The molecule has 272 valence electrons. The topological polar surface area (TPSA) is 56.5 Å². The Kier molecular flexibility index (Phi) is 8.26. The summed E-state index contributed by atoms with van der Waals surface area (Å²) in [6.45, 7) is 0. The highest BCUT2D eigenvalue weighted by atomic mass is 32.1. The van der Waals surface area contributed by atoms with E-state index in [9.17, 15) is 0 Å². The molecule has 11 rings (SSSR count). The maximum absolute atomic E-state index is 5.29. The summed E-state index contributed by atoms with van der Waals surface area (Å²) >= 11 is 1.78. The average Bonchev–Trinajstić information content (AvgIpc) is 3.89. The Balaban J connectivity index is 1.12. The van der Waals surface area contributed by atoms with Gasteiger partial charge in [-0.05, 0) is 58.7 Å². The van der Waals surface area contributed by atoms with Gasteiger partial charge in [-0.2, -0.15) is 0 Å². The Bertz CT molecular complexity index is 3140. The molecule has 3 heterocycles. The first kappa shape index (κ1) is 33.8. The molecule has 8 aromatic carbocycles. The van der Waals surface area contributed by atoms with Crippen LogP contribution in [0.4, 0.5) is 0 Å². The Morgan fingerprint density at radius 1 is 0.328 bits per heavy atom. The zero-order chi connectivity index (χ0) is 38.4. The molecule has 6 heteroatoms.